The van der Waals surface area contributed by atoms with Gasteiger partial charge < -0.3 is 10.2 Å². The van der Waals surface area contributed by atoms with Crippen LogP contribution in [0.15, 0.2) is 0 Å². The zero-order chi connectivity index (χ0) is 12.3. The maximum atomic E-state index is 11.2. The molecule has 1 rings (SSSR count). The van der Waals surface area contributed by atoms with E-state index in [9.17, 15) is 4.79 Å². The highest BCUT2D eigenvalue weighted by Crippen LogP contribution is 2.21. The molecule has 0 saturated heterocycles. The Bertz CT molecular complexity index is 408. The standard InChI is InChI=1S/C10H15ClN4O/c1-6-7(2)14-10(9(11)13-6)15(4)5-8(16)12-3/h5H2,1-4H3,(H,12,16). The SMILES string of the molecule is CNC(=O)CN(C)c1nc(C)c(C)nc1Cl. The lowest BCUT2D eigenvalue weighted by Gasteiger charge is -2.18. The van der Waals surface area contributed by atoms with Crippen molar-refractivity contribution in [1.82, 2.24) is 15.3 Å². The number of anilines is 1. The predicted molar refractivity (Wildman–Crippen MR) is 63.9 cm³/mol. The molecule has 0 atom stereocenters. The van der Waals surface area contributed by atoms with E-state index >= 15 is 0 Å². The van der Waals surface area contributed by atoms with Crippen molar-refractivity contribution in [2.45, 2.75) is 13.8 Å². The van der Waals surface area contributed by atoms with Gasteiger partial charge >= 0.3 is 0 Å². The lowest BCUT2D eigenvalue weighted by molar-refractivity contribution is -0.119. The molecule has 0 radical (unpaired) electrons. The average molecular weight is 243 g/mol. The summed E-state index contributed by atoms with van der Waals surface area (Å²) in [5.74, 6) is 0.423. The molecule has 1 heterocycles. The summed E-state index contributed by atoms with van der Waals surface area (Å²) >= 11 is 5.98. The van der Waals surface area contributed by atoms with Crippen LogP contribution >= 0.6 is 11.6 Å². The van der Waals surface area contributed by atoms with Crippen LogP contribution in [0.2, 0.25) is 5.15 Å². The van der Waals surface area contributed by atoms with Crippen LogP contribution in [0.25, 0.3) is 0 Å². The molecule has 1 aromatic heterocycles. The van der Waals surface area contributed by atoms with E-state index in [4.69, 9.17) is 11.6 Å². The highest BCUT2D eigenvalue weighted by Gasteiger charge is 2.13. The Labute approximate surface area is 99.8 Å². The Hall–Kier alpha value is -1.36. The van der Waals surface area contributed by atoms with Gasteiger partial charge in [0.1, 0.15) is 0 Å². The second-order valence-corrected chi connectivity index (χ2v) is 3.90. The van der Waals surface area contributed by atoms with E-state index < -0.39 is 0 Å². The van der Waals surface area contributed by atoms with Crippen LogP contribution in [-0.2, 0) is 4.79 Å². The number of amides is 1. The van der Waals surface area contributed by atoms with Crippen molar-refractivity contribution in [1.29, 1.82) is 0 Å². The number of hydrogen-bond donors (Lipinski definition) is 1. The van der Waals surface area contributed by atoms with Crippen molar-refractivity contribution < 1.29 is 4.79 Å². The zero-order valence-electron chi connectivity index (χ0n) is 9.83. The minimum atomic E-state index is -0.0985. The maximum Gasteiger partial charge on any atom is 0.239 e. The van der Waals surface area contributed by atoms with Crippen LogP contribution in [0.5, 0.6) is 0 Å². The smallest absolute Gasteiger partial charge is 0.239 e. The Kier molecular flexibility index (Phi) is 4.06. The molecule has 0 aromatic carbocycles. The van der Waals surface area contributed by atoms with E-state index in [1.54, 1.807) is 19.0 Å². The van der Waals surface area contributed by atoms with Crippen molar-refractivity contribution in [2.75, 3.05) is 25.5 Å². The summed E-state index contributed by atoms with van der Waals surface area (Å²) in [6.07, 6.45) is 0. The van der Waals surface area contributed by atoms with Gasteiger partial charge in [0.05, 0.1) is 17.9 Å². The Morgan fingerprint density at radius 1 is 1.38 bits per heavy atom. The third kappa shape index (κ3) is 2.82. The Morgan fingerprint density at radius 2 is 1.94 bits per heavy atom. The first-order valence-electron chi connectivity index (χ1n) is 4.88. The van der Waals surface area contributed by atoms with E-state index in [-0.39, 0.29) is 12.5 Å². The third-order valence-corrected chi connectivity index (χ3v) is 2.52. The molecule has 1 amide bonds. The molecule has 0 aliphatic rings. The topological polar surface area (TPSA) is 58.1 Å². The number of carbonyl (C=O) groups is 1. The van der Waals surface area contributed by atoms with E-state index in [1.165, 1.54) is 0 Å². The molecule has 0 spiro atoms. The van der Waals surface area contributed by atoms with Crippen LogP contribution < -0.4 is 10.2 Å². The van der Waals surface area contributed by atoms with Gasteiger partial charge in [0.25, 0.3) is 0 Å². The van der Waals surface area contributed by atoms with Gasteiger partial charge in [0.15, 0.2) is 11.0 Å². The molecular formula is C10H15ClN4O. The number of nitrogens with zero attached hydrogens (tertiary/aromatic N) is 3. The summed E-state index contributed by atoms with van der Waals surface area (Å²) in [4.78, 5) is 21.3. The molecule has 5 nitrogen and oxygen atoms in total. The number of hydrogen-bond acceptors (Lipinski definition) is 4. The Balaban J connectivity index is 2.95. The molecule has 6 heteroatoms. The molecule has 0 aliphatic heterocycles. The lowest BCUT2D eigenvalue weighted by atomic mass is 10.3. The summed E-state index contributed by atoms with van der Waals surface area (Å²) < 4.78 is 0. The summed E-state index contributed by atoms with van der Waals surface area (Å²) in [6.45, 7) is 3.90. The van der Waals surface area contributed by atoms with Gasteiger partial charge in [-0.2, -0.15) is 0 Å². The molecule has 88 valence electrons. The zero-order valence-corrected chi connectivity index (χ0v) is 10.6. The van der Waals surface area contributed by atoms with Crippen LogP contribution in [0.4, 0.5) is 5.82 Å². The normalized spacial score (nSPS) is 10.1. The fourth-order valence-electron chi connectivity index (χ4n) is 1.18. The highest BCUT2D eigenvalue weighted by atomic mass is 35.5. The van der Waals surface area contributed by atoms with Gasteiger partial charge in [-0.3, -0.25) is 4.79 Å². The predicted octanol–water partition coefficient (Wildman–Crippen LogP) is 0.929. The minimum Gasteiger partial charge on any atom is -0.358 e. The lowest BCUT2D eigenvalue weighted by Crippen LogP contribution is -2.33. The monoisotopic (exact) mass is 242 g/mol. The number of nitrogens with one attached hydrogen (secondary N) is 1. The number of aromatic nitrogens is 2. The second kappa shape index (κ2) is 5.12. The van der Waals surface area contributed by atoms with Gasteiger partial charge in [0.2, 0.25) is 5.91 Å². The van der Waals surface area contributed by atoms with E-state index in [0.29, 0.717) is 11.0 Å². The summed E-state index contributed by atoms with van der Waals surface area (Å²) in [5, 5.41) is 2.85. The molecular weight excluding hydrogens is 228 g/mol. The van der Waals surface area contributed by atoms with Crippen LogP contribution in [0.1, 0.15) is 11.4 Å². The van der Waals surface area contributed by atoms with Crippen molar-refractivity contribution in [3.63, 3.8) is 0 Å². The fourth-order valence-corrected chi connectivity index (χ4v) is 1.49. The molecule has 0 saturated carbocycles. The largest absolute Gasteiger partial charge is 0.358 e. The van der Waals surface area contributed by atoms with Gasteiger partial charge in [-0.05, 0) is 13.8 Å². The molecule has 0 bridgehead atoms. The first-order valence-corrected chi connectivity index (χ1v) is 5.26. The highest BCUT2D eigenvalue weighted by molar-refractivity contribution is 6.31. The van der Waals surface area contributed by atoms with Crippen molar-refractivity contribution in [2.24, 2.45) is 0 Å². The van der Waals surface area contributed by atoms with Gasteiger partial charge in [-0.15, -0.1) is 0 Å². The molecule has 0 fully saturated rings. The molecule has 1 N–H and O–H groups in total. The number of likely N-dealkylation sites (N-methyl/N-ethyl adjacent to an activating group) is 2. The number of carbonyl (C=O) groups excluding carboxylic acids is 1. The second-order valence-electron chi connectivity index (χ2n) is 3.54. The van der Waals surface area contributed by atoms with E-state index in [1.807, 2.05) is 13.8 Å². The molecule has 16 heavy (non-hydrogen) atoms. The number of aryl methyl sites for hydroxylation is 2. The maximum absolute atomic E-state index is 11.2. The van der Waals surface area contributed by atoms with Crippen molar-refractivity contribution >= 4 is 23.3 Å². The third-order valence-electron chi connectivity index (χ3n) is 2.27. The van der Waals surface area contributed by atoms with Gasteiger partial charge in [0, 0.05) is 14.1 Å². The fraction of sp³-hybridized carbons (Fsp3) is 0.500. The van der Waals surface area contributed by atoms with Crippen molar-refractivity contribution in [3.8, 4) is 0 Å². The Morgan fingerprint density at radius 3 is 2.50 bits per heavy atom. The van der Waals surface area contributed by atoms with Crippen LogP contribution in [-0.4, -0.2) is 36.5 Å². The molecule has 0 unspecified atom stereocenters. The first-order chi connectivity index (χ1) is 7.45. The van der Waals surface area contributed by atoms with E-state index in [0.717, 1.165) is 11.4 Å². The van der Waals surface area contributed by atoms with Gasteiger partial charge in [-0.25, -0.2) is 9.97 Å². The average Bonchev–Trinajstić information content (AvgIpc) is 2.23. The summed E-state index contributed by atoms with van der Waals surface area (Å²) in [6, 6.07) is 0. The van der Waals surface area contributed by atoms with E-state index in [2.05, 4.69) is 15.3 Å². The summed E-state index contributed by atoms with van der Waals surface area (Å²) in [7, 11) is 3.34. The van der Waals surface area contributed by atoms with Crippen molar-refractivity contribution in [3.05, 3.63) is 16.5 Å². The summed E-state index contributed by atoms with van der Waals surface area (Å²) in [5.41, 5.74) is 1.60. The molecule has 0 aliphatic carbocycles. The number of halogens is 1. The molecule has 1 aromatic rings. The number of rotatable bonds is 3. The first kappa shape index (κ1) is 12.7. The minimum absolute atomic E-state index is 0.0985. The van der Waals surface area contributed by atoms with Crippen LogP contribution in [0, 0.1) is 13.8 Å². The van der Waals surface area contributed by atoms with Crippen LogP contribution in [0.3, 0.4) is 0 Å². The van der Waals surface area contributed by atoms with Gasteiger partial charge in [-0.1, -0.05) is 11.6 Å². The quantitative estimate of drug-likeness (QED) is 0.857.